The molecule has 0 aliphatic rings. The van der Waals surface area contributed by atoms with Crippen LogP contribution < -0.4 is 0 Å². The van der Waals surface area contributed by atoms with Crippen LogP contribution in [-0.2, 0) is 0 Å². The number of rotatable bonds is 2. The summed E-state index contributed by atoms with van der Waals surface area (Å²) in [5.74, 6) is 1.74. The molecule has 0 nitrogen and oxygen atoms in total. The molecule has 0 atom stereocenters. The van der Waals surface area contributed by atoms with Crippen LogP contribution in [-0.4, -0.2) is 47.7 Å². The van der Waals surface area contributed by atoms with Gasteiger partial charge in [-0.1, -0.05) is 0 Å². The van der Waals surface area contributed by atoms with Gasteiger partial charge in [0.05, 0.1) is 5.90 Å². The van der Waals surface area contributed by atoms with Crippen molar-refractivity contribution >= 4 is 29.4 Å². The topological polar surface area (TPSA) is 0 Å². The van der Waals surface area contributed by atoms with Gasteiger partial charge in [0.1, 0.15) is 15.1 Å². The summed E-state index contributed by atoms with van der Waals surface area (Å²) in [6.07, 6.45) is 0. The minimum atomic E-state index is -0.175. The van der Waals surface area contributed by atoms with Crippen molar-refractivity contribution in [3.8, 4) is 0 Å². The number of hydrogen-bond donors (Lipinski definition) is 0. The summed E-state index contributed by atoms with van der Waals surface area (Å²) < 4.78 is 0. The van der Waals surface area contributed by atoms with Gasteiger partial charge < -0.3 is 0 Å². The molecule has 0 heterocycles. The highest BCUT2D eigenvalue weighted by Crippen LogP contribution is 2.62. The van der Waals surface area contributed by atoms with Crippen LogP contribution in [0.25, 0.3) is 0 Å². The normalized spacial score (nSPS) is 14.0. The highest BCUT2D eigenvalue weighted by molar-refractivity contribution is 8.10. The summed E-state index contributed by atoms with van der Waals surface area (Å²) >= 11 is 0. The second-order valence-corrected chi connectivity index (χ2v) is 7.75. The van der Waals surface area contributed by atoms with Crippen LogP contribution in [0.1, 0.15) is 0 Å². The van der Waals surface area contributed by atoms with Crippen LogP contribution in [0.15, 0.2) is 0 Å². The monoisotopic (exact) mass is 164 g/mol. The molecule has 0 aliphatic heterocycles. The van der Waals surface area contributed by atoms with Crippen LogP contribution >= 0.6 is 14.3 Å². The lowest BCUT2D eigenvalue weighted by atomic mass is 10.8. The van der Waals surface area contributed by atoms with Crippen LogP contribution in [0.4, 0.5) is 0 Å². The summed E-state index contributed by atoms with van der Waals surface area (Å²) in [7, 11) is 1.06. The third-order valence-electron chi connectivity index (χ3n) is 0.566. The van der Waals surface area contributed by atoms with Crippen molar-refractivity contribution in [2.24, 2.45) is 0 Å². The SMILES string of the molecule is [BH3-][P+](C)(C)C[P+]([BH3-])(C)C. The maximum Gasteiger partial charge on any atom is 0.130 e. The maximum absolute atomic E-state index is 2.58. The van der Waals surface area contributed by atoms with Crippen molar-refractivity contribution in [1.82, 2.24) is 0 Å². The average Bonchev–Trinajstić information content (AvgIpc) is 1.14. The predicted octanol–water partition coefficient (Wildman–Crippen LogP) is 0.0591. The van der Waals surface area contributed by atoms with Gasteiger partial charge in [-0.15, -0.1) is 14.3 Å². The molecular weight excluding hydrogens is 144 g/mol. The Labute approximate surface area is 62.6 Å². The van der Waals surface area contributed by atoms with Crippen LogP contribution in [0.2, 0.25) is 0 Å². The second-order valence-electron chi connectivity index (χ2n) is 2.30. The highest BCUT2D eigenvalue weighted by Gasteiger charge is 2.21. The first kappa shape index (κ1) is 9.99. The molecule has 0 N–H and O–H groups in total. The fraction of sp³-hybridized carbons (Fsp3) is 1.00. The minimum absolute atomic E-state index is 0.175. The Kier molecular flexibility index (Phi) is 3.25. The van der Waals surface area contributed by atoms with E-state index in [9.17, 15) is 0 Å². The molecule has 0 rings (SSSR count). The first-order valence-corrected chi connectivity index (χ1v) is 7.26. The van der Waals surface area contributed by atoms with Gasteiger partial charge in [-0.3, -0.25) is 0 Å². The van der Waals surface area contributed by atoms with Crippen molar-refractivity contribution < 1.29 is 0 Å². The van der Waals surface area contributed by atoms with E-state index in [0.29, 0.717) is 15.1 Å². The van der Waals surface area contributed by atoms with E-state index in [1.807, 2.05) is 0 Å². The van der Waals surface area contributed by atoms with Gasteiger partial charge in [0.25, 0.3) is 0 Å². The first-order chi connectivity index (χ1) is 3.71. The molecule has 0 unspecified atom stereocenters. The van der Waals surface area contributed by atoms with Gasteiger partial charge in [0.2, 0.25) is 0 Å². The van der Waals surface area contributed by atoms with Crippen molar-refractivity contribution in [1.29, 1.82) is 0 Å². The third-order valence-corrected chi connectivity index (χ3v) is 5.09. The van der Waals surface area contributed by atoms with Crippen LogP contribution in [0.3, 0.4) is 0 Å². The van der Waals surface area contributed by atoms with Gasteiger partial charge in [-0.2, -0.15) is 0 Å². The highest BCUT2D eigenvalue weighted by atomic mass is 31.2. The fourth-order valence-electron chi connectivity index (χ4n) is 0.566. The quantitative estimate of drug-likeness (QED) is 0.399. The van der Waals surface area contributed by atoms with Gasteiger partial charge in [-0.05, 0) is 0 Å². The fourth-order valence-corrected chi connectivity index (χ4v) is 5.09. The average molecular weight is 164 g/mol. The van der Waals surface area contributed by atoms with Gasteiger partial charge in [0.15, 0.2) is 0 Å². The summed E-state index contributed by atoms with van der Waals surface area (Å²) in [5.41, 5.74) is 0. The van der Waals surface area contributed by atoms with Crippen LogP contribution in [0.5, 0.6) is 0 Å². The predicted molar refractivity (Wildman–Crippen MR) is 62.3 cm³/mol. The van der Waals surface area contributed by atoms with Crippen molar-refractivity contribution in [2.45, 2.75) is 0 Å². The second kappa shape index (κ2) is 2.93. The van der Waals surface area contributed by atoms with E-state index in [0.717, 1.165) is 0 Å². The zero-order valence-electron chi connectivity index (χ0n) is 5.60. The number of hydrogen-bond acceptors (Lipinski definition) is 0. The molecule has 0 aromatic heterocycles. The van der Waals surface area contributed by atoms with E-state index >= 15 is 0 Å². The van der Waals surface area contributed by atoms with Gasteiger partial charge in [0, 0.05) is 26.7 Å². The molecule has 0 saturated heterocycles. The molecule has 0 radical (unpaired) electrons. The van der Waals surface area contributed by atoms with Gasteiger partial charge >= 0.3 is 0 Å². The van der Waals surface area contributed by atoms with Crippen molar-refractivity contribution in [2.75, 3.05) is 32.6 Å². The van der Waals surface area contributed by atoms with Crippen molar-refractivity contribution in [3.63, 3.8) is 0 Å². The van der Waals surface area contributed by atoms with E-state index in [2.05, 4.69) is 26.7 Å². The molecule has 0 aliphatic carbocycles. The Bertz CT molecular complexity index is 78.1. The first-order valence-electron chi connectivity index (χ1n) is 2.42. The van der Waals surface area contributed by atoms with E-state index in [4.69, 9.17) is 0 Å². The minimum Gasteiger partial charge on any atom is -0.132 e. The summed E-state index contributed by atoms with van der Waals surface area (Å²) in [6.45, 7) is 10.3. The van der Waals surface area contributed by atoms with Crippen LogP contribution in [0, 0.1) is 0 Å². The lowest BCUT2D eigenvalue weighted by Crippen LogP contribution is -1.99. The lowest BCUT2D eigenvalue weighted by molar-refractivity contribution is 1.91. The maximum atomic E-state index is 2.58. The summed E-state index contributed by atoms with van der Waals surface area (Å²) in [6, 6.07) is 0. The zero-order valence-corrected chi connectivity index (χ0v) is 7.39. The Morgan fingerprint density at radius 1 is 0.889 bits per heavy atom. The van der Waals surface area contributed by atoms with E-state index in [1.165, 1.54) is 0 Å². The largest absolute Gasteiger partial charge is 0.132 e. The molecular formula is C5H20B2P2. The molecule has 0 fully saturated rings. The summed E-state index contributed by atoms with van der Waals surface area (Å²) in [4.78, 5) is 0. The van der Waals surface area contributed by atoms with Gasteiger partial charge in [-0.25, -0.2) is 0 Å². The Morgan fingerprint density at radius 3 is 1.11 bits per heavy atom. The standard InChI is InChI=1S/C5H20B2P2/c1-8(2,6)5-9(3,4)7/h5H2,1-4,6-7H3. The molecule has 0 amide bonds. The Hall–Kier alpha value is 0.990. The van der Waals surface area contributed by atoms with Crippen molar-refractivity contribution in [3.05, 3.63) is 0 Å². The summed E-state index contributed by atoms with van der Waals surface area (Å²) in [5, 5.41) is 0. The third kappa shape index (κ3) is 8.99. The molecule has 0 saturated carbocycles. The molecule has 0 aromatic rings. The molecule has 0 spiro atoms. The molecule has 9 heavy (non-hydrogen) atoms. The molecule has 0 bridgehead atoms. The lowest BCUT2D eigenvalue weighted by Gasteiger charge is -2.27. The van der Waals surface area contributed by atoms with E-state index in [1.54, 1.807) is 5.90 Å². The Balaban J connectivity index is 3.75. The molecule has 56 valence electrons. The van der Waals surface area contributed by atoms with E-state index < -0.39 is 0 Å². The Morgan fingerprint density at radius 2 is 1.11 bits per heavy atom. The zero-order chi connectivity index (χ0) is 7.71. The van der Waals surface area contributed by atoms with E-state index in [-0.39, 0.29) is 14.3 Å². The molecule has 4 heteroatoms. The smallest absolute Gasteiger partial charge is 0.130 e. The molecule has 0 aromatic carbocycles.